The van der Waals surface area contributed by atoms with E-state index >= 15 is 0 Å². The molecule has 0 radical (unpaired) electrons. The first-order valence-electron chi connectivity index (χ1n) is 11.0. The van der Waals surface area contributed by atoms with Gasteiger partial charge in [0.25, 0.3) is 0 Å². The van der Waals surface area contributed by atoms with Crippen molar-refractivity contribution in [2.45, 2.75) is 31.7 Å². The van der Waals surface area contributed by atoms with Crippen LogP contribution in [-0.2, 0) is 4.74 Å². The standard InChI is InChI=1S/C23H28ClFN4O/c24-23-19(2-1-3-20(23)25)21-4-5-22(28-27-21)26-18-10-16-13-29(14-17(16)11-18)12-15-6-8-30-9-7-15/h1-5,15-18H,6-14H2,(H,26,28). The minimum atomic E-state index is -0.443. The van der Waals surface area contributed by atoms with E-state index in [1.54, 1.807) is 12.1 Å². The molecular weight excluding hydrogens is 403 g/mol. The van der Waals surface area contributed by atoms with Crippen LogP contribution in [0.4, 0.5) is 10.2 Å². The van der Waals surface area contributed by atoms with Crippen molar-refractivity contribution in [1.82, 2.24) is 15.1 Å². The second-order valence-electron chi connectivity index (χ2n) is 9.01. The quantitative estimate of drug-likeness (QED) is 0.757. The molecule has 2 saturated heterocycles. The number of benzene rings is 1. The van der Waals surface area contributed by atoms with Gasteiger partial charge in [-0.05, 0) is 61.6 Å². The molecule has 5 nitrogen and oxygen atoms in total. The third kappa shape index (κ3) is 4.32. The summed E-state index contributed by atoms with van der Waals surface area (Å²) in [5.74, 6) is 2.70. The Hall–Kier alpha value is -1.76. The first-order valence-corrected chi connectivity index (χ1v) is 11.4. The van der Waals surface area contributed by atoms with Gasteiger partial charge in [0.05, 0.1) is 10.7 Å². The Morgan fingerprint density at radius 2 is 1.83 bits per heavy atom. The molecule has 160 valence electrons. The molecule has 5 rings (SSSR count). The van der Waals surface area contributed by atoms with Gasteiger partial charge in [-0.15, -0.1) is 10.2 Å². The molecule has 2 unspecified atom stereocenters. The van der Waals surface area contributed by atoms with Gasteiger partial charge in [-0.2, -0.15) is 0 Å². The molecule has 2 aromatic rings. The molecule has 1 N–H and O–H groups in total. The van der Waals surface area contributed by atoms with Crippen LogP contribution in [0.15, 0.2) is 30.3 Å². The molecule has 0 spiro atoms. The SMILES string of the molecule is Fc1cccc(-c2ccc(NC3CC4CN(CC5CCOCC5)CC4C3)nn2)c1Cl. The maximum atomic E-state index is 13.7. The molecule has 1 saturated carbocycles. The summed E-state index contributed by atoms with van der Waals surface area (Å²) in [6, 6.07) is 8.94. The largest absolute Gasteiger partial charge is 0.381 e. The molecule has 0 bridgehead atoms. The Bertz CT molecular complexity index is 860. The minimum absolute atomic E-state index is 0.0847. The number of aromatic nitrogens is 2. The van der Waals surface area contributed by atoms with Crippen LogP contribution in [0.1, 0.15) is 25.7 Å². The Labute approximate surface area is 182 Å². The van der Waals surface area contributed by atoms with Crippen molar-refractivity contribution >= 4 is 17.4 Å². The molecule has 1 aliphatic carbocycles. The van der Waals surface area contributed by atoms with Crippen molar-refractivity contribution in [3.05, 3.63) is 41.2 Å². The molecule has 0 amide bonds. The highest BCUT2D eigenvalue weighted by Crippen LogP contribution is 2.39. The summed E-state index contributed by atoms with van der Waals surface area (Å²) in [4.78, 5) is 2.68. The van der Waals surface area contributed by atoms with Crippen LogP contribution < -0.4 is 5.32 Å². The number of anilines is 1. The van der Waals surface area contributed by atoms with Crippen LogP contribution in [0.3, 0.4) is 0 Å². The zero-order valence-electron chi connectivity index (χ0n) is 17.1. The van der Waals surface area contributed by atoms with Crippen LogP contribution in [0.25, 0.3) is 11.3 Å². The van der Waals surface area contributed by atoms with Crippen molar-refractivity contribution in [3.8, 4) is 11.3 Å². The fourth-order valence-corrected chi connectivity index (χ4v) is 5.64. The molecule has 7 heteroatoms. The Balaban J connectivity index is 1.14. The number of hydrogen-bond donors (Lipinski definition) is 1. The highest BCUT2D eigenvalue weighted by molar-refractivity contribution is 6.33. The van der Waals surface area contributed by atoms with Crippen LogP contribution in [0, 0.1) is 23.6 Å². The van der Waals surface area contributed by atoms with Crippen molar-refractivity contribution in [2.24, 2.45) is 17.8 Å². The first-order chi connectivity index (χ1) is 14.7. The van der Waals surface area contributed by atoms with Gasteiger partial charge in [-0.3, -0.25) is 0 Å². The molecule has 1 aromatic carbocycles. The first kappa shape index (κ1) is 20.2. The zero-order valence-corrected chi connectivity index (χ0v) is 17.8. The van der Waals surface area contributed by atoms with Crippen LogP contribution in [0.2, 0.25) is 5.02 Å². The maximum Gasteiger partial charge on any atom is 0.148 e. The lowest BCUT2D eigenvalue weighted by Gasteiger charge is -2.27. The summed E-state index contributed by atoms with van der Waals surface area (Å²) in [6.45, 7) is 5.56. The van der Waals surface area contributed by atoms with E-state index in [1.807, 2.05) is 12.1 Å². The second-order valence-corrected chi connectivity index (χ2v) is 9.39. The minimum Gasteiger partial charge on any atom is -0.381 e. The van der Waals surface area contributed by atoms with E-state index in [0.717, 1.165) is 36.8 Å². The lowest BCUT2D eigenvalue weighted by molar-refractivity contribution is 0.0545. The van der Waals surface area contributed by atoms with E-state index in [-0.39, 0.29) is 5.02 Å². The highest BCUT2D eigenvalue weighted by Gasteiger charge is 2.41. The molecule has 3 aliphatic rings. The van der Waals surface area contributed by atoms with E-state index < -0.39 is 5.82 Å². The third-order valence-electron chi connectivity index (χ3n) is 6.93. The average molecular weight is 431 g/mol. The molecule has 30 heavy (non-hydrogen) atoms. The normalized spacial score (nSPS) is 27.3. The van der Waals surface area contributed by atoms with Crippen LogP contribution in [-0.4, -0.2) is 54.0 Å². The molecule has 3 fully saturated rings. The van der Waals surface area contributed by atoms with Gasteiger partial charge in [0.15, 0.2) is 0 Å². The van der Waals surface area contributed by atoms with Gasteiger partial charge < -0.3 is 15.0 Å². The number of nitrogens with zero attached hydrogens (tertiary/aromatic N) is 3. The summed E-state index contributed by atoms with van der Waals surface area (Å²) < 4.78 is 19.2. The summed E-state index contributed by atoms with van der Waals surface area (Å²) in [7, 11) is 0. The number of halogens is 2. The van der Waals surface area contributed by atoms with Crippen molar-refractivity contribution in [1.29, 1.82) is 0 Å². The molecule has 3 heterocycles. The smallest absolute Gasteiger partial charge is 0.148 e. The van der Waals surface area contributed by atoms with E-state index in [1.165, 1.54) is 51.4 Å². The number of fused-ring (bicyclic) bond motifs is 1. The molecule has 2 atom stereocenters. The summed E-state index contributed by atoms with van der Waals surface area (Å²) in [5.41, 5.74) is 1.15. The predicted molar refractivity (Wildman–Crippen MR) is 116 cm³/mol. The number of nitrogens with one attached hydrogen (secondary N) is 1. The summed E-state index contributed by atoms with van der Waals surface area (Å²) in [6.07, 6.45) is 4.80. The number of rotatable bonds is 5. The average Bonchev–Trinajstić information content (AvgIpc) is 3.29. The zero-order chi connectivity index (χ0) is 20.5. The summed E-state index contributed by atoms with van der Waals surface area (Å²) in [5, 5.41) is 12.2. The Morgan fingerprint density at radius 3 is 2.53 bits per heavy atom. The Morgan fingerprint density at radius 1 is 1.07 bits per heavy atom. The van der Waals surface area contributed by atoms with E-state index in [4.69, 9.17) is 16.3 Å². The number of ether oxygens (including phenoxy) is 1. The molecular formula is C23H28ClFN4O. The molecule has 2 aliphatic heterocycles. The van der Waals surface area contributed by atoms with E-state index in [9.17, 15) is 4.39 Å². The fraction of sp³-hybridized carbons (Fsp3) is 0.565. The lowest BCUT2D eigenvalue weighted by atomic mass is 10.00. The van der Waals surface area contributed by atoms with Crippen molar-refractivity contribution in [3.63, 3.8) is 0 Å². The third-order valence-corrected chi connectivity index (χ3v) is 7.31. The van der Waals surface area contributed by atoms with Gasteiger partial charge in [0, 0.05) is 44.5 Å². The topological polar surface area (TPSA) is 50.3 Å². The predicted octanol–water partition coefficient (Wildman–Crippen LogP) is 4.49. The van der Waals surface area contributed by atoms with Gasteiger partial charge in [0.2, 0.25) is 0 Å². The van der Waals surface area contributed by atoms with E-state index in [0.29, 0.717) is 17.3 Å². The van der Waals surface area contributed by atoms with E-state index in [2.05, 4.69) is 20.4 Å². The fourth-order valence-electron chi connectivity index (χ4n) is 5.42. The van der Waals surface area contributed by atoms with Gasteiger partial charge in [-0.1, -0.05) is 23.7 Å². The lowest BCUT2D eigenvalue weighted by Crippen LogP contribution is -2.32. The van der Waals surface area contributed by atoms with Gasteiger partial charge in [-0.25, -0.2) is 4.39 Å². The van der Waals surface area contributed by atoms with Crippen molar-refractivity contribution < 1.29 is 9.13 Å². The Kier molecular flexibility index (Phi) is 5.89. The van der Waals surface area contributed by atoms with Crippen LogP contribution >= 0.6 is 11.6 Å². The molecule has 1 aromatic heterocycles. The highest BCUT2D eigenvalue weighted by atomic mass is 35.5. The van der Waals surface area contributed by atoms with Crippen LogP contribution in [0.5, 0.6) is 0 Å². The van der Waals surface area contributed by atoms with Gasteiger partial charge in [0.1, 0.15) is 11.6 Å². The number of likely N-dealkylation sites (tertiary alicyclic amines) is 1. The maximum absolute atomic E-state index is 13.7. The van der Waals surface area contributed by atoms with Gasteiger partial charge >= 0.3 is 0 Å². The number of hydrogen-bond acceptors (Lipinski definition) is 5. The summed E-state index contributed by atoms with van der Waals surface area (Å²) >= 11 is 6.06. The van der Waals surface area contributed by atoms with Crippen molar-refractivity contribution in [2.75, 3.05) is 38.2 Å². The second kappa shape index (κ2) is 8.77. The monoisotopic (exact) mass is 430 g/mol.